The van der Waals surface area contributed by atoms with E-state index in [0.717, 1.165) is 5.56 Å². The molecule has 0 saturated heterocycles. The van der Waals surface area contributed by atoms with Gasteiger partial charge in [-0.3, -0.25) is 4.72 Å². The van der Waals surface area contributed by atoms with Crippen LogP contribution in [0.2, 0.25) is 0 Å². The van der Waals surface area contributed by atoms with E-state index in [1.54, 1.807) is 31.2 Å². The van der Waals surface area contributed by atoms with E-state index in [4.69, 9.17) is 0 Å². The van der Waals surface area contributed by atoms with Crippen LogP contribution in [0.3, 0.4) is 0 Å². The third kappa shape index (κ3) is 6.60. The zero-order chi connectivity index (χ0) is 19.9. The second kappa shape index (κ2) is 9.41. The summed E-state index contributed by atoms with van der Waals surface area (Å²) in [4.78, 5) is 12.4. The van der Waals surface area contributed by atoms with E-state index in [2.05, 4.69) is 15.4 Å². The molecule has 0 spiro atoms. The molecule has 1 atom stereocenters. The lowest BCUT2D eigenvalue weighted by atomic mass is 9.96. The van der Waals surface area contributed by atoms with Gasteiger partial charge in [0.25, 0.3) is 0 Å². The molecular weight excluding hydrogens is 362 g/mol. The first kappa shape index (κ1) is 20.8. The van der Waals surface area contributed by atoms with Crippen LogP contribution in [0.1, 0.15) is 38.8 Å². The van der Waals surface area contributed by atoms with Gasteiger partial charge in [-0.15, -0.1) is 0 Å². The molecule has 0 heterocycles. The van der Waals surface area contributed by atoms with Crippen LogP contribution in [0.5, 0.6) is 0 Å². The molecule has 3 N–H and O–H groups in total. The summed E-state index contributed by atoms with van der Waals surface area (Å²) in [5.74, 6) is 0.267. The minimum Gasteiger partial charge on any atom is -0.331 e. The van der Waals surface area contributed by atoms with Crippen molar-refractivity contribution in [3.63, 3.8) is 0 Å². The van der Waals surface area contributed by atoms with Crippen LogP contribution < -0.4 is 15.4 Å². The highest BCUT2D eigenvalue weighted by molar-refractivity contribution is 7.92. The molecule has 7 heteroatoms. The van der Waals surface area contributed by atoms with Gasteiger partial charge in [-0.25, -0.2) is 13.2 Å². The van der Waals surface area contributed by atoms with Gasteiger partial charge in [0.1, 0.15) is 0 Å². The molecule has 0 aliphatic rings. The predicted molar refractivity (Wildman–Crippen MR) is 110 cm³/mol. The zero-order valence-electron chi connectivity index (χ0n) is 15.9. The fraction of sp³-hybridized carbons (Fsp3) is 0.350. The number of sulfonamides is 1. The number of urea groups is 1. The highest BCUT2D eigenvalue weighted by Crippen LogP contribution is 2.22. The largest absolute Gasteiger partial charge is 0.331 e. The highest BCUT2D eigenvalue weighted by atomic mass is 32.2. The zero-order valence-corrected chi connectivity index (χ0v) is 16.7. The average molecular weight is 390 g/mol. The van der Waals surface area contributed by atoms with E-state index in [0.29, 0.717) is 17.8 Å². The third-order valence-electron chi connectivity index (χ3n) is 3.98. The lowest BCUT2D eigenvalue weighted by molar-refractivity contribution is 0.244. The summed E-state index contributed by atoms with van der Waals surface area (Å²) in [6, 6.07) is 16.0. The van der Waals surface area contributed by atoms with Crippen molar-refractivity contribution < 1.29 is 13.2 Å². The normalized spacial score (nSPS) is 12.4. The molecule has 2 amide bonds. The minimum absolute atomic E-state index is 0.0539. The molecule has 0 saturated carbocycles. The summed E-state index contributed by atoms with van der Waals surface area (Å²) in [7, 11) is -3.37. The Labute approximate surface area is 161 Å². The van der Waals surface area contributed by atoms with Crippen molar-refractivity contribution in [2.75, 3.05) is 15.8 Å². The molecule has 2 aromatic rings. The third-order valence-corrected chi connectivity index (χ3v) is 5.47. The Balaban J connectivity index is 2.06. The Morgan fingerprint density at radius 1 is 1.00 bits per heavy atom. The highest BCUT2D eigenvalue weighted by Gasteiger charge is 2.18. The second-order valence-electron chi connectivity index (χ2n) is 6.73. The first-order valence-corrected chi connectivity index (χ1v) is 10.7. The average Bonchev–Trinajstić information content (AvgIpc) is 2.60. The van der Waals surface area contributed by atoms with Crippen molar-refractivity contribution in [1.29, 1.82) is 0 Å². The van der Waals surface area contributed by atoms with Crippen LogP contribution in [0.25, 0.3) is 0 Å². The molecule has 2 aromatic carbocycles. The van der Waals surface area contributed by atoms with Crippen LogP contribution >= 0.6 is 0 Å². The summed E-state index contributed by atoms with van der Waals surface area (Å²) < 4.78 is 26.3. The second-order valence-corrected chi connectivity index (χ2v) is 8.57. The lowest BCUT2D eigenvalue weighted by Crippen LogP contribution is -2.35. The number of anilines is 2. The van der Waals surface area contributed by atoms with Gasteiger partial charge in [-0.1, -0.05) is 57.2 Å². The van der Waals surface area contributed by atoms with Gasteiger partial charge in [0.05, 0.1) is 17.5 Å². The van der Waals surface area contributed by atoms with Crippen molar-refractivity contribution in [2.45, 2.75) is 33.2 Å². The number of amides is 2. The number of nitrogens with one attached hydrogen (secondary N) is 3. The van der Waals surface area contributed by atoms with Gasteiger partial charge in [0.15, 0.2) is 0 Å². The molecule has 0 aliphatic heterocycles. The summed E-state index contributed by atoms with van der Waals surface area (Å²) in [6.07, 6.45) is 0.533. The Hall–Kier alpha value is -2.54. The van der Waals surface area contributed by atoms with Gasteiger partial charge in [-0.2, -0.15) is 0 Å². The first-order valence-electron chi connectivity index (χ1n) is 9.03. The van der Waals surface area contributed by atoms with Crippen LogP contribution in [0.4, 0.5) is 16.2 Å². The molecule has 27 heavy (non-hydrogen) atoms. The van der Waals surface area contributed by atoms with Crippen molar-refractivity contribution in [1.82, 2.24) is 5.32 Å². The van der Waals surface area contributed by atoms with Gasteiger partial charge in [0, 0.05) is 5.69 Å². The van der Waals surface area contributed by atoms with Crippen LogP contribution in [0, 0.1) is 5.92 Å². The molecule has 1 unspecified atom stereocenters. The van der Waals surface area contributed by atoms with Crippen LogP contribution in [-0.2, 0) is 10.0 Å². The van der Waals surface area contributed by atoms with Gasteiger partial charge in [-0.05, 0) is 36.1 Å². The summed E-state index contributed by atoms with van der Waals surface area (Å²) in [6.45, 7) is 5.89. The maximum atomic E-state index is 12.4. The maximum Gasteiger partial charge on any atom is 0.319 e. The number of rotatable bonds is 8. The molecule has 6 nitrogen and oxygen atoms in total. The van der Waals surface area contributed by atoms with Crippen molar-refractivity contribution in [2.24, 2.45) is 5.92 Å². The maximum absolute atomic E-state index is 12.4. The fourth-order valence-corrected chi connectivity index (χ4v) is 3.89. The Morgan fingerprint density at radius 2 is 1.67 bits per heavy atom. The number of carbonyl (C=O) groups is 1. The van der Waals surface area contributed by atoms with Crippen LogP contribution in [-0.4, -0.2) is 20.2 Å². The summed E-state index contributed by atoms with van der Waals surface area (Å²) in [5, 5.41) is 5.75. The van der Waals surface area contributed by atoms with Crippen molar-refractivity contribution in [3.05, 3.63) is 60.2 Å². The molecule has 0 aromatic heterocycles. The molecule has 2 rings (SSSR count). The standard InChI is InChI=1S/C20H27N3O3S/c1-4-13-27(25,26)23-18-12-8-11-17(14-18)21-20(24)22-19(15(2)3)16-9-6-5-7-10-16/h5-12,14-15,19,23H,4,13H2,1-3H3,(H2,21,22,24). The molecule has 0 aliphatic carbocycles. The minimum atomic E-state index is -3.37. The number of benzene rings is 2. The number of hydrogen-bond donors (Lipinski definition) is 3. The molecule has 146 valence electrons. The number of carbonyl (C=O) groups excluding carboxylic acids is 1. The van der Waals surface area contributed by atoms with Gasteiger partial charge < -0.3 is 10.6 Å². The topological polar surface area (TPSA) is 87.3 Å². The monoisotopic (exact) mass is 389 g/mol. The van der Waals surface area contributed by atoms with E-state index in [-0.39, 0.29) is 23.7 Å². The van der Waals surface area contributed by atoms with Crippen molar-refractivity contribution >= 4 is 27.4 Å². The van der Waals surface area contributed by atoms with Gasteiger partial charge in [0.2, 0.25) is 10.0 Å². The SMILES string of the molecule is CCCS(=O)(=O)Nc1cccc(NC(=O)NC(c2ccccc2)C(C)C)c1. The summed E-state index contributed by atoms with van der Waals surface area (Å²) >= 11 is 0. The van der Waals surface area contributed by atoms with E-state index in [9.17, 15) is 13.2 Å². The molecule has 0 radical (unpaired) electrons. The van der Waals surface area contributed by atoms with E-state index < -0.39 is 10.0 Å². The molecular formula is C20H27N3O3S. The summed E-state index contributed by atoms with van der Waals surface area (Å²) in [5.41, 5.74) is 1.97. The Morgan fingerprint density at radius 3 is 2.30 bits per heavy atom. The van der Waals surface area contributed by atoms with E-state index in [1.807, 2.05) is 44.2 Å². The Kier molecular flexibility index (Phi) is 7.24. The quantitative estimate of drug-likeness (QED) is 0.627. The van der Waals surface area contributed by atoms with Crippen molar-refractivity contribution in [3.8, 4) is 0 Å². The lowest BCUT2D eigenvalue weighted by Gasteiger charge is -2.23. The number of hydrogen-bond acceptors (Lipinski definition) is 3. The Bertz CT molecular complexity index is 852. The molecule has 0 fully saturated rings. The smallest absolute Gasteiger partial charge is 0.319 e. The van der Waals surface area contributed by atoms with E-state index in [1.165, 1.54) is 0 Å². The fourth-order valence-electron chi connectivity index (χ4n) is 2.76. The van der Waals surface area contributed by atoms with Gasteiger partial charge >= 0.3 is 6.03 Å². The van der Waals surface area contributed by atoms with Crippen LogP contribution in [0.15, 0.2) is 54.6 Å². The first-order chi connectivity index (χ1) is 12.8. The predicted octanol–water partition coefficient (Wildman–Crippen LogP) is 4.36. The van der Waals surface area contributed by atoms with E-state index >= 15 is 0 Å². The molecule has 0 bridgehead atoms.